The van der Waals surface area contributed by atoms with Gasteiger partial charge in [0.15, 0.2) is 0 Å². The topological polar surface area (TPSA) is 86.8 Å². The molecule has 45 heavy (non-hydrogen) atoms. The second-order valence-corrected chi connectivity index (χ2v) is 13.3. The van der Waals surface area contributed by atoms with Crippen LogP contribution in [-0.2, 0) is 32.6 Å². The van der Waals surface area contributed by atoms with Crippen LogP contribution in [0, 0.1) is 5.82 Å². The van der Waals surface area contributed by atoms with Crippen molar-refractivity contribution < 1.29 is 22.4 Å². The number of amides is 2. The van der Waals surface area contributed by atoms with Crippen molar-refractivity contribution in [2.45, 2.75) is 50.2 Å². The van der Waals surface area contributed by atoms with E-state index in [0.717, 1.165) is 15.9 Å². The number of carbonyl (C=O) groups is 2. The molecular formula is C34H34Cl2FN3O4S. The summed E-state index contributed by atoms with van der Waals surface area (Å²) in [6.07, 6.45) is 0.780. The van der Waals surface area contributed by atoms with Crippen molar-refractivity contribution in [2.75, 3.05) is 10.8 Å². The third-order valence-electron chi connectivity index (χ3n) is 7.36. The van der Waals surface area contributed by atoms with Crippen molar-refractivity contribution in [3.05, 3.63) is 130 Å². The molecule has 236 valence electrons. The molecule has 0 unspecified atom stereocenters. The molecule has 0 heterocycles. The molecule has 1 N–H and O–H groups in total. The number of halogens is 3. The van der Waals surface area contributed by atoms with Gasteiger partial charge in [-0.1, -0.05) is 96.9 Å². The molecular weight excluding hydrogens is 636 g/mol. The van der Waals surface area contributed by atoms with Gasteiger partial charge in [-0.25, -0.2) is 12.8 Å². The number of hydrogen-bond donors (Lipinski definition) is 1. The normalized spacial score (nSPS) is 12.6. The molecule has 0 aliphatic heterocycles. The summed E-state index contributed by atoms with van der Waals surface area (Å²) in [6, 6.07) is 25.5. The van der Waals surface area contributed by atoms with Gasteiger partial charge >= 0.3 is 0 Å². The standard InChI is InChI=1S/C34H34Cl2FN3O4S/c1-3-24(2)38-34(42)32(20-25-12-6-4-7-13-25)39(22-26-18-19-27(35)21-29(26)36)33(41)23-40(31-17-11-10-16-30(31)37)45(43,44)28-14-8-5-9-15-28/h4-19,21,24,32H,3,20,22-23H2,1-2H3,(H,38,42)/t24-,32-/m0/s1. The van der Waals surface area contributed by atoms with E-state index in [2.05, 4.69) is 5.32 Å². The Morgan fingerprint density at radius 2 is 1.51 bits per heavy atom. The average Bonchev–Trinajstić information content (AvgIpc) is 3.03. The zero-order valence-electron chi connectivity index (χ0n) is 24.9. The van der Waals surface area contributed by atoms with Gasteiger partial charge in [-0.3, -0.25) is 13.9 Å². The number of nitrogens with one attached hydrogen (secondary N) is 1. The van der Waals surface area contributed by atoms with Crippen molar-refractivity contribution in [3.8, 4) is 0 Å². The summed E-state index contributed by atoms with van der Waals surface area (Å²) in [5.74, 6) is -1.98. The Hall–Kier alpha value is -3.92. The predicted octanol–water partition coefficient (Wildman–Crippen LogP) is 6.88. The van der Waals surface area contributed by atoms with Gasteiger partial charge in [-0.15, -0.1) is 0 Å². The van der Waals surface area contributed by atoms with E-state index in [4.69, 9.17) is 23.2 Å². The quantitative estimate of drug-likeness (QED) is 0.168. The van der Waals surface area contributed by atoms with Crippen LogP contribution in [0.1, 0.15) is 31.4 Å². The van der Waals surface area contributed by atoms with Crippen molar-refractivity contribution in [1.29, 1.82) is 0 Å². The second-order valence-electron chi connectivity index (χ2n) is 10.6. The van der Waals surface area contributed by atoms with E-state index in [0.29, 0.717) is 17.0 Å². The van der Waals surface area contributed by atoms with Crippen LogP contribution in [0.15, 0.2) is 108 Å². The summed E-state index contributed by atoms with van der Waals surface area (Å²) in [4.78, 5) is 29.5. The van der Waals surface area contributed by atoms with Crippen LogP contribution >= 0.6 is 23.2 Å². The van der Waals surface area contributed by atoms with Crippen LogP contribution in [0.5, 0.6) is 0 Å². The van der Waals surface area contributed by atoms with Crippen LogP contribution in [0.3, 0.4) is 0 Å². The highest BCUT2D eigenvalue weighted by molar-refractivity contribution is 7.92. The van der Waals surface area contributed by atoms with Crippen molar-refractivity contribution >= 4 is 50.7 Å². The highest BCUT2D eigenvalue weighted by atomic mass is 35.5. The minimum atomic E-state index is -4.42. The molecule has 11 heteroatoms. The number of hydrogen-bond acceptors (Lipinski definition) is 4. The Morgan fingerprint density at radius 1 is 0.889 bits per heavy atom. The molecule has 0 saturated heterocycles. The van der Waals surface area contributed by atoms with Crippen LogP contribution in [0.2, 0.25) is 10.0 Å². The average molecular weight is 671 g/mol. The number of benzene rings is 4. The number of anilines is 1. The van der Waals surface area contributed by atoms with Gasteiger partial charge in [0, 0.05) is 29.1 Å². The molecule has 0 fully saturated rings. The van der Waals surface area contributed by atoms with Gasteiger partial charge in [0.2, 0.25) is 11.8 Å². The van der Waals surface area contributed by atoms with E-state index in [9.17, 15) is 18.0 Å². The fourth-order valence-corrected chi connectivity index (χ4v) is 6.63. The first kappa shape index (κ1) is 34.0. The lowest BCUT2D eigenvalue weighted by atomic mass is 10.0. The smallest absolute Gasteiger partial charge is 0.264 e. The van der Waals surface area contributed by atoms with E-state index in [1.54, 1.807) is 18.2 Å². The SMILES string of the molecule is CC[C@H](C)NC(=O)[C@H](Cc1ccccc1)N(Cc1ccc(Cl)cc1Cl)C(=O)CN(c1ccccc1F)S(=O)(=O)c1ccccc1. The first-order valence-electron chi connectivity index (χ1n) is 14.4. The molecule has 4 aromatic rings. The van der Waals surface area contributed by atoms with Crippen LogP contribution in [-0.4, -0.2) is 43.8 Å². The zero-order chi connectivity index (χ0) is 32.6. The molecule has 4 rings (SSSR count). The van der Waals surface area contributed by atoms with Crippen molar-refractivity contribution in [2.24, 2.45) is 0 Å². The summed E-state index contributed by atoms with van der Waals surface area (Å²) >= 11 is 12.7. The predicted molar refractivity (Wildman–Crippen MR) is 176 cm³/mol. The Balaban J connectivity index is 1.83. The molecule has 2 atom stereocenters. The van der Waals surface area contributed by atoms with Crippen LogP contribution in [0.4, 0.5) is 10.1 Å². The van der Waals surface area contributed by atoms with Gasteiger partial charge in [0.05, 0.1) is 10.6 Å². The van der Waals surface area contributed by atoms with E-state index < -0.39 is 40.2 Å². The van der Waals surface area contributed by atoms with Crippen LogP contribution in [0.25, 0.3) is 0 Å². The lowest BCUT2D eigenvalue weighted by Crippen LogP contribution is -2.54. The van der Waals surface area contributed by atoms with E-state index in [1.807, 2.05) is 44.2 Å². The van der Waals surface area contributed by atoms with Crippen molar-refractivity contribution in [1.82, 2.24) is 10.2 Å². The zero-order valence-corrected chi connectivity index (χ0v) is 27.2. The highest BCUT2D eigenvalue weighted by Gasteiger charge is 2.36. The third kappa shape index (κ3) is 8.63. The van der Waals surface area contributed by atoms with Gasteiger partial charge in [-0.05, 0) is 60.9 Å². The minimum absolute atomic E-state index is 0.122. The van der Waals surface area contributed by atoms with Crippen molar-refractivity contribution in [3.63, 3.8) is 0 Å². The summed E-state index contributed by atoms with van der Waals surface area (Å²) in [5.41, 5.74) is 0.972. The molecule has 0 aromatic heterocycles. The summed E-state index contributed by atoms with van der Waals surface area (Å²) in [5, 5.41) is 3.62. The van der Waals surface area contributed by atoms with Gasteiger partial charge in [0.1, 0.15) is 18.4 Å². The van der Waals surface area contributed by atoms with E-state index in [-0.39, 0.29) is 34.6 Å². The first-order valence-corrected chi connectivity index (χ1v) is 16.6. The molecule has 0 radical (unpaired) electrons. The molecule has 0 spiro atoms. The van der Waals surface area contributed by atoms with Gasteiger partial charge < -0.3 is 10.2 Å². The molecule has 4 aromatic carbocycles. The monoisotopic (exact) mass is 669 g/mol. The maximum Gasteiger partial charge on any atom is 0.264 e. The molecule has 0 aliphatic carbocycles. The molecule has 7 nitrogen and oxygen atoms in total. The number of sulfonamides is 1. The first-order chi connectivity index (χ1) is 21.5. The summed E-state index contributed by atoms with van der Waals surface area (Å²) < 4.78 is 43.8. The van der Waals surface area contributed by atoms with E-state index >= 15 is 4.39 Å². The molecule has 2 amide bonds. The lowest BCUT2D eigenvalue weighted by molar-refractivity contribution is -0.140. The summed E-state index contributed by atoms with van der Waals surface area (Å²) in [6.45, 7) is 2.85. The van der Waals surface area contributed by atoms with E-state index in [1.165, 1.54) is 53.4 Å². The highest BCUT2D eigenvalue weighted by Crippen LogP contribution is 2.28. The Kier molecular flexibility index (Phi) is 11.6. The summed E-state index contributed by atoms with van der Waals surface area (Å²) in [7, 11) is -4.42. The Labute approximate surface area is 273 Å². The third-order valence-corrected chi connectivity index (χ3v) is 9.72. The van der Waals surface area contributed by atoms with Crippen LogP contribution < -0.4 is 9.62 Å². The van der Waals surface area contributed by atoms with Gasteiger partial charge in [0.25, 0.3) is 10.0 Å². The fraction of sp³-hybridized carbons (Fsp3) is 0.235. The second kappa shape index (κ2) is 15.4. The lowest BCUT2D eigenvalue weighted by Gasteiger charge is -2.34. The van der Waals surface area contributed by atoms with Gasteiger partial charge in [-0.2, -0.15) is 0 Å². The largest absolute Gasteiger partial charge is 0.352 e. The maximum atomic E-state index is 15.2. The molecule has 0 saturated carbocycles. The Morgan fingerprint density at radius 3 is 2.13 bits per heavy atom. The molecule has 0 bridgehead atoms. The number of carbonyl (C=O) groups excluding carboxylic acids is 2. The maximum absolute atomic E-state index is 15.2. The molecule has 0 aliphatic rings. The number of rotatable bonds is 13. The number of nitrogens with zero attached hydrogens (tertiary/aromatic N) is 2. The number of para-hydroxylation sites is 1. The fourth-order valence-electron chi connectivity index (χ4n) is 4.72. The minimum Gasteiger partial charge on any atom is -0.352 e. The Bertz CT molecular complexity index is 1730.